The normalized spacial score (nSPS) is 26.9. The van der Waals surface area contributed by atoms with Gasteiger partial charge < -0.3 is 39.8 Å². The minimum atomic E-state index is -1.56. The molecule has 8 nitrogen and oxygen atoms in total. The first-order valence-corrected chi connectivity index (χ1v) is 8.30. The van der Waals surface area contributed by atoms with Crippen LogP contribution in [0, 0.1) is 0 Å². The first-order valence-electron chi connectivity index (χ1n) is 8.30. The van der Waals surface area contributed by atoms with E-state index in [1.807, 2.05) is 0 Å². The van der Waals surface area contributed by atoms with E-state index >= 15 is 0 Å². The van der Waals surface area contributed by atoms with Gasteiger partial charge in [-0.2, -0.15) is 0 Å². The summed E-state index contributed by atoms with van der Waals surface area (Å²) in [6.45, 7) is -0.569. The Morgan fingerprint density at radius 2 is 1.75 bits per heavy atom. The van der Waals surface area contributed by atoms with Crippen LogP contribution in [0.3, 0.4) is 0 Å². The zero-order valence-electron chi connectivity index (χ0n) is 15.1. The standard InChI is InChI=1S/C19H20O8.Li/c20-9-14-15(21)16(22)17(23)19(27-14)26-13-7-2-1-6-12(13)10-4-3-5-11(8-10)18(24)25;/h1-8,14-17,19-23H,9H2,(H,24,25);/q;+1/p-1/t14-,15-,16+,17+,19+;/m1./s1. The zero-order valence-corrected chi connectivity index (χ0v) is 15.1. The van der Waals surface area contributed by atoms with E-state index in [1.54, 1.807) is 36.4 Å². The van der Waals surface area contributed by atoms with E-state index in [9.17, 15) is 30.3 Å². The Balaban J connectivity index is 0.00000280. The topological polar surface area (TPSA) is 140 Å². The number of hydrogen-bond acceptors (Lipinski definition) is 8. The number of rotatable bonds is 5. The molecule has 1 heterocycles. The fourth-order valence-electron chi connectivity index (χ4n) is 2.91. The van der Waals surface area contributed by atoms with Gasteiger partial charge in [0.25, 0.3) is 0 Å². The first kappa shape index (κ1) is 22.4. The molecule has 2 aromatic carbocycles. The minimum absolute atomic E-state index is 0. The second kappa shape index (κ2) is 9.54. The van der Waals surface area contributed by atoms with E-state index in [0.29, 0.717) is 11.1 Å². The van der Waals surface area contributed by atoms with E-state index in [1.165, 1.54) is 12.1 Å². The molecule has 1 aliphatic heterocycles. The van der Waals surface area contributed by atoms with Crippen molar-refractivity contribution in [3.05, 3.63) is 54.1 Å². The van der Waals surface area contributed by atoms with Crippen molar-refractivity contribution in [2.45, 2.75) is 30.7 Å². The molecule has 3 rings (SSSR count). The molecule has 0 aromatic heterocycles. The van der Waals surface area contributed by atoms with Crippen LogP contribution in [0.1, 0.15) is 10.4 Å². The molecule has 0 spiro atoms. The van der Waals surface area contributed by atoms with Gasteiger partial charge in [-0.05, 0) is 23.3 Å². The monoisotopic (exact) mass is 382 g/mol. The summed E-state index contributed by atoms with van der Waals surface area (Å²) >= 11 is 0. The number of hydrogen-bond donors (Lipinski definition) is 4. The van der Waals surface area contributed by atoms with Crippen LogP contribution in [0.2, 0.25) is 0 Å². The number of aliphatic hydroxyl groups is 4. The predicted octanol–water partition coefficient (Wildman–Crippen LogP) is -4.10. The summed E-state index contributed by atoms with van der Waals surface area (Å²) in [5.74, 6) is -1.05. The van der Waals surface area contributed by atoms with E-state index in [0.717, 1.165) is 0 Å². The fourth-order valence-corrected chi connectivity index (χ4v) is 2.91. The summed E-state index contributed by atoms with van der Waals surface area (Å²) in [7, 11) is 0. The predicted molar refractivity (Wildman–Crippen MR) is 90.6 cm³/mol. The summed E-state index contributed by atoms with van der Waals surface area (Å²) < 4.78 is 11.0. The number of para-hydroxylation sites is 1. The van der Waals surface area contributed by atoms with Crippen molar-refractivity contribution in [2.75, 3.05) is 6.61 Å². The second-order valence-corrected chi connectivity index (χ2v) is 6.18. The van der Waals surface area contributed by atoms with Crippen LogP contribution in [-0.2, 0) is 4.74 Å². The Labute approximate surface area is 173 Å². The Morgan fingerprint density at radius 3 is 2.43 bits per heavy atom. The molecule has 0 unspecified atom stereocenters. The number of carbonyl (C=O) groups is 1. The molecular formula is C19H19LiO8. The third kappa shape index (κ3) is 4.56. The van der Waals surface area contributed by atoms with Crippen LogP contribution < -0.4 is 28.7 Å². The second-order valence-electron chi connectivity index (χ2n) is 6.18. The Kier molecular flexibility index (Phi) is 7.63. The molecule has 1 aliphatic rings. The quantitative estimate of drug-likeness (QED) is 0.383. The maximum atomic E-state index is 11.1. The number of carboxylic acid groups (broad SMARTS) is 1. The van der Waals surface area contributed by atoms with Gasteiger partial charge in [0.15, 0.2) is 0 Å². The molecule has 9 heteroatoms. The van der Waals surface area contributed by atoms with Crippen LogP contribution in [0.5, 0.6) is 5.75 Å². The molecule has 144 valence electrons. The Morgan fingerprint density at radius 1 is 1.04 bits per heavy atom. The minimum Gasteiger partial charge on any atom is -0.545 e. The molecule has 28 heavy (non-hydrogen) atoms. The molecule has 0 saturated carbocycles. The number of aromatic carboxylic acids is 1. The van der Waals surface area contributed by atoms with Gasteiger partial charge in [0.2, 0.25) is 6.29 Å². The number of benzene rings is 2. The average molecular weight is 382 g/mol. The summed E-state index contributed by atoms with van der Waals surface area (Å²) in [6.07, 6.45) is -7.03. The maximum absolute atomic E-state index is 11.1. The van der Waals surface area contributed by atoms with E-state index in [4.69, 9.17) is 9.47 Å². The van der Waals surface area contributed by atoms with Gasteiger partial charge in [-0.1, -0.05) is 36.4 Å². The molecule has 1 fully saturated rings. The Bertz CT molecular complexity index is 812. The third-order valence-corrected chi connectivity index (χ3v) is 4.39. The molecule has 1 saturated heterocycles. The molecule has 5 atom stereocenters. The SMILES string of the molecule is O=C([O-])c1cccc(-c2ccccc2O[C@H]2O[C@H](CO)[C@@H](O)[C@H](O)[C@@H]2O)c1.[Li+]. The summed E-state index contributed by atoms with van der Waals surface area (Å²) in [5, 5.41) is 50.2. The zero-order chi connectivity index (χ0) is 19.6. The van der Waals surface area contributed by atoms with E-state index in [2.05, 4.69) is 0 Å². The molecule has 0 amide bonds. The number of carboxylic acids is 1. The molecule has 0 bridgehead atoms. The fraction of sp³-hybridized carbons (Fsp3) is 0.316. The summed E-state index contributed by atoms with van der Waals surface area (Å²) in [6, 6.07) is 12.7. The first-order chi connectivity index (χ1) is 12.9. The number of ether oxygens (including phenoxy) is 2. The molecule has 0 aliphatic carbocycles. The van der Waals surface area contributed by atoms with Crippen LogP contribution >= 0.6 is 0 Å². The van der Waals surface area contributed by atoms with Gasteiger partial charge in [0, 0.05) is 5.56 Å². The van der Waals surface area contributed by atoms with Crippen molar-refractivity contribution in [3.63, 3.8) is 0 Å². The van der Waals surface area contributed by atoms with Gasteiger partial charge in [0.05, 0.1) is 12.6 Å². The van der Waals surface area contributed by atoms with Gasteiger partial charge in [-0.3, -0.25) is 0 Å². The van der Waals surface area contributed by atoms with Crippen molar-refractivity contribution in [2.24, 2.45) is 0 Å². The van der Waals surface area contributed by atoms with Crippen molar-refractivity contribution in [3.8, 4) is 16.9 Å². The van der Waals surface area contributed by atoms with Crippen molar-refractivity contribution in [1.29, 1.82) is 0 Å². The average Bonchev–Trinajstić information content (AvgIpc) is 2.69. The van der Waals surface area contributed by atoms with Crippen molar-refractivity contribution < 1.29 is 58.7 Å². The molecular weight excluding hydrogens is 363 g/mol. The summed E-state index contributed by atoms with van der Waals surface area (Å²) in [5.41, 5.74) is 1.06. The van der Waals surface area contributed by atoms with Crippen molar-refractivity contribution >= 4 is 5.97 Å². The summed E-state index contributed by atoms with van der Waals surface area (Å²) in [4.78, 5) is 11.1. The van der Waals surface area contributed by atoms with Crippen LogP contribution in [-0.4, -0.2) is 63.7 Å². The number of aliphatic hydroxyl groups excluding tert-OH is 4. The Hall–Kier alpha value is -1.89. The number of carbonyl (C=O) groups excluding carboxylic acids is 1. The van der Waals surface area contributed by atoms with Crippen LogP contribution in [0.4, 0.5) is 0 Å². The molecule has 2 aromatic rings. The smallest absolute Gasteiger partial charge is 0.545 e. The van der Waals surface area contributed by atoms with Crippen molar-refractivity contribution in [1.82, 2.24) is 0 Å². The van der Waals surface area contributed by atoms with Gasteiger partial charge in [-0.15, -0.1) is 0 Å². The third-order valence-electron chi connectivity index (χ3n) is 4.39. The van der Waals surface area contributed by atoms with Gasteiger partial charge in [0.1, 0.15) is 30.2 Å². The maximum Gasteiger partial charge on any atom is 1.00 e. The van der Waals surface area contributed by atoms with Gasteiger partial charge >= 0.3 is 18.9 Å². The van der Waals surface area contributed by atoms with Gasteiger partial charge in [-0.25, -0.2) is 0 Å². The van der Waals surface area contributed by atoms with Crippen LogP contribution in [0.15, 0.2) is 48.5 Å². The van der Waals surface area contributed by atoms with E-state index < -0.39 is 43.3 Å². The molecule has 0 radical (unpaired) electrons. The largest absolute Gasteiger partial charge is 1.00 e. The van der Waals surface area contributed by atoms with Crippen LogP contribution in [0.25, 0.3) is 11.1 Å². The van der Waals surface area contributed by atoms with E-state index in [-0.39, 0.29) is 30.2 Å². The molecule has 4 N–H and O–H groups in total.